The average Bonchev–Trinajstić information content (AvgIpc) is 2.37. The molecule has 0 saturated heterocycles. The molecule has 0 aliphatic carbocycles. The van der Waals surface area contributed by atoms with E-state index in [0.717, 1.165) is 11.1 Å². The number of benzene rings is 1. The molecular weight excluding hydrogens is 232 g/mol. The van der Waals surface area contributed by atoms with E-state index < -0.39 is 12.3 Å². The molecule has 0 heterocycles. The van der Waals surface area contributed by atoms with E-state index >= 15 is 0 Å². The van der Waals surface area contributed by atoms with E-state index in [1.54, 1.807) is 12.1 Å². The molecule has 1 aromatic rings. The van der Waals surface area contributed by atoms with Crippen molar-refractivity contribution in [2.75, 3.05) is 13.2 Å². The van der Waals surface area contributed by atoms with E-state index in [4.69, 9.17) is 14.6 Å². The molecular formula is C14H20O4. The predicted octanol–water partition coefficient (Wildman–Crippen LogP) is 3.02. The van der Waals surface area contributed by atoms with Gasteiger partial charge in [0.1, 0.15) is 0 Å². The summed E-state index contributed by atoms with van der Waals surface area (Å²) in [6.07, 6.45) is 0.244. The van der Waals surface area contributed by atoms with Crippen molar-refractivity contribution in [1.29, 1.82) is 0 Å². The molecule has 0 bridgehead atoms. The number of carboxylic acids is 1. The molecule has 18 heavy (non-hydrogen) atoms. The van der Waals surface area contributed by atoms with Crippen LogP contribution in [0.4, 0.5) is 0 Å². The summed E-state index contributed by atoms with van der Waals surface area (Å²) in [6.45, 7) is 6.83. The van der Waals surface area contributed by atoms with Gasteiger partial charge in [0.15, 0.2) is 6.29 Å². The average molecular weight is 252 g/mol. The number of carboxylic acid groups (broad SMARTS) is 1. The van der Waals surface area contributed by atoms with Crippen molar-refractivity contribution in [3.05, 3.63) is 34.9 Å². The third-order valence-corrected chi connectivity index (χ3v) is 2.65. The molecule has 0 atom stereocenters. The van der Waals surface area contributed by atoms with Crippen LogP contribution in [0.15, 0.2) is 18.2 Å². The fraction of sp³-hybridized carbons (Fsp3) is 0.500. The monoisotopic (exact) mass is 252 g/mol. The molecule has 0 aliphatic heterocycles. The third-order valence-electron chi connectivity index (χ3n) is 2.65. The molecule has 0 spiro atoms. The second kappa shape index (κ2) is 7.13. The first kappa shape index (κ1) is 14.7. The number of ether oxygens (including phenoxy) is 2. The van der Waals surface area contributed by atoms with Crippen LogP contribution < -0.4 is 0 Å². The molecule has 0 fully saturated rings. The molecule has 4 nitrogen and oxygen atoms in total. The van der Waals surface area contributed by atoms with Gasteiger partial charge in [-0.15, -0.1) is 0 Å². The van der Waals surface area contributed by atoms with Gasteiger partial charge >= 0.3 is 5.97 Å². The highest BCUT2D eigenvalue weighted by atomic mass is 16.7. The Balaban J connectivity index is 3.05. The zero-order chi connectivity index (χ0) is 13.5. The Kier molecular flexibility index (Phi) is 5.82. The molecule has 1 aromatic carbocycles. The Labute approximate surface area is 108 Å². The van der Waals surface area contributed by atoms with Crippen molar-refractivity contribution in [2.24, 2.45) is 0 Å². The Morgan fingerprint density at radius 3 is 2.28 bits per heavy atom. The summed E-state index contributed by atoms with van der Waals surface area (Å²) in [7, 11) is 0. The largest absolute Gasteiger partial charge is 0.478 e. The zero-order valence-corrected chi connectivity index (χ0v) is 11.1. The highest BCUT2D eigenvalue weighted by molar-refractivity contribution is 5.89. The van der Waals surface area contributed by atoms with Crippen molar-refractivity contribution >= 4 is 5.97 Å². The van der Waals surface area contributed by atoms with E-state index in [0.29, 0.717) is 25.2 Å². The van der Waals surface area contributed by atoms with Crippen LogP contribution in [0.25, 0.3) is 0 Å². The van der Waals surface area contributed by atoms with E-state index in [1.165, 1.54) is 0 Å². The standard InChI is InChI=1S/C14H20O4/c1-4-10-9-11(7-8-12(10)13(15)16)14(17-5-2)18-6-3/h7-9,14H,4-6H2,1-3H3,(H,15,16). The van der Waals surface area contributed by atoms with Gasteiger partial charge in [-0.3, -0.25) is 0 Å². The first-order valence-corrected chi connectivity index (χ1v) is 6.23. The highest BCUT2D eigenvalue weighted by Crippen LogP contribution is 2.22. The molecule has 0 radical (unpaired) electrons. The first-order chi connectivity index (χ1) is 8.63. The van der Waals surface area contributed by atoms with E-state index in [1.807, 2.05) is 26.8 Å². The second-order valence-electron chi connectivity index (χ2n) is 3.82. The molecule has 0 saturated carbocycles. The van der Waals surface area contributed by atoms with E-state index in [2.05, 4.69) is 0 Å². The van der Waals surface area contributed by atoms with Gasteiger partial charge in [-0.25, -0.2) is 4.79 Å². The van der Waals surface area contributed by atoms with Gasteiger partial charge in [-0.05, 0) is 38.0 Å². The van der Waals surface area contributed by atoms with Gasteiger partial charge in [0, 0.05) is 18.8 Å². The first-order valence-electron chi connectivity index (χ1n) is 6.23. The van der Waals surface area contributed by atoms with Crippen LogP contribution in [-0.2, 0) is 15.9 Å². The fourth-order valence-corrected chi connectivity index (χ4v) is 1.80. The highest BCUT2D eigenvalue weighted by Gasteiger charge is 2.15. The Morgan fingerprint density at radius 2 is 1.83 bits per heavy atom. The molecule has 1 N–H and O–H groups in total. The summed E-state index contributed by atoms with van der Waals surface area (Å²) in [4.78, 5) is 11.1. The molecule has 4 heteroatoms. The summed E-state index contributed by atoms with van der Waals surface area (Å²) < 4.78 is 11.0. The number of carbonyl (C=O) groups is 1. The van der Waals surface area contributed by atoms with Crippen LogP contribution in [0.2, 0.25) is 0 Å². The van der Waals surface area contributed by atoms with Gasteiger partial charge in [-0.1, -0.05) is 13.0 Å². The van der Waals surface area contributed by atoms with E-state index in [-0.39, 0.29) is 0 Å². The summed E-state index contributed by atoms with van der Waals surface area (Å²) >= 11 is 0. The van der Waals surface area contributed by atoms with Crippen molar-refractivity contribution < 1.29 is 19.4 Å². The quantitative estimate of drug-likeness (QED) is 0.758. The van der Waals surface area contributed by atoms with E-state index in [9.17, 15) is 4.79 Å². The normalized spacial score (nSPS) is 10.9. The summed E-state index contributed by atoms with van der Waals surface area (Å²) in [5.74, 6) is -0.900. The van der Waals surface area contributed by atoms with Crippen molar-refractivity contribution in [1.82, 2.24) is 0 Å². The second-order valence-corrected chi connectivity index (χ2v) is 3.82. The van der Waals surface area contributed by atoms with Gasteiger partial charge in [0.2, 0.25) is 0 Å². The number of aryl methyl sites for hydroxylation is 1. The summed E-state index contributed by atoms with van der Waals surface area (Å²) in [5, 5.41) is 9.07. The van der Waals surface area contributed by atoms with Crippen LogP contribution >= 0.6 is 0 Å². The topological polar surface area (TPSA) is 55.8 Å². The minimum absolute atomic E-state index is 0.341. The maximum atomic E-state index is 11.1. The lowest BCUT2D eigenvalue weighted by atomic mass is 10.0. The molecule has 0 amide bonds. The van der Waals surface area contributed by atoms with Gasteiger partial charge in [0.25, 0.3) is 0 Å². The maximum Gasteiger partial charge on any atom is 0.335 e. The number of rotatable bonds is 7. The Hall–Kier alpha value is -1.39. The Morgan fingerprint density at radius 1 is 1.22 bits per heavy atom. The van der Waals surface area contributed by atoms with Crippen LogP contribution in [0, 0.1) is 0 Å². The van der Waals surface area contributed by atoms with Gasteiger partial charge in [0.05, 0.1) is 5.56 Å². The van der Waals surface area contributed by atoms with Crippen LogP contribution in [0.1, 0.15) is 48.5 Å². The van der Waals surface area contributed by atoms with Crippen molar-refractivity contribution in [3.8, 4) is 0 Å². The number of aromatic carboxylic acids is 1. The molecule has 0 aromatic heterocycles. The molecule has 1 rings (SSSR count). The van der Waals surface area contributed by atoms with Crippen molar-refractivity contribution in [3.63, 3.8) is 0 Å². The van der Waals surface area contributed by atoms with Crippen LogP contribution in [0.5, 0.6) is 0 Å². The lowest BCUT2D eigenvalue weighted by Gasteiger charge is -2.18. The predicted molar refractivity (Wildman–Crippen MR) is 68.8 cm³/mol. The lowest BCUT2D eigenvalue weighted by molar-refractivity contribution is -0.140. The van der Waals surface area contributed by atoms with Crippen molar-refractivity contribution in [2.45, 2.75) is 33.5 Å². The lowest BCUT2D eigenvalue weighted by Crippen LogP contribution is -2.10. The minimum Gasteiger partial charge on any atom is -0.478 e. The molecule has 0 aliphatic rings. The smallest absolute Gasteiger partial charge is 0.335 e. The molecule has 0 unspecified atom stereocenters. The number of hydrogen-bond donors (Lipinski definition) is 1. The third kappa shape index (κ3) is 3.55. The fourth-order valence-electron chi connectivity index (χ4n) is 1.80. The summed E-state index contributed by atoms with van der Waals surface area (Å²) in [5.41, 5.74) is 2.00. The SMILES string of the molecule is CCOC(OCC)c1ccc(C(=O)O)c(CC)c1. The number of hydrogen-bond acceptors (Lipinski definition) is 3. The van der Waals surface area contributed by atoms with Gasteiger partial charge in [-0.2, -0.15) is 0 Å². The maximum absolute atomic E-state index is 11.1. The van der Waals surface area contributed by atoms with Crippen LogP contribution in [0.3, 0.4) is 0 Å². The zero-order valence-electron chi connectivity index (χ0n) is 11.1. The minimum atomic E-state index is -0.900. The summed E-state index contributed by atoms with van der Waals surface area (Å²) in [6, 6.07) is 5.21. The van der Waals surface area contributed by atoms with Crippen LogP contribution in [-0.4, -0.2) is 24.3 Å². The van der Waals surface area contributed by atoms with Gasteiger partial charge < -0.3 is 14.6 Å². The molecule has 100 valence electrons. The Bertz CT molecular complexity index is 395.